The molecule has 0 atom stereocenters. The molecule has 0 aliphatic carbocycles. The number of alkyl halides is 3. The SMILES string of the molecule is FC(F)(F)c1ccccc1-c1cccn2nc(I)nc12. The maximum Gasteiger partial charge on any atom is 0.417 e. The zero-order chi connectivity index (χ0) is 14.3. The summed E-state index contributed by atoms with van der Waals surface area (Å²) in [6, 6.07) is 8.74. The first-order valence-corrected chi connectivity index (χ1v) is 6.72. The van der Waals surface area contributed by atoms with Crippen LogP contribution < -0.4 is 0 Å². The van der Waals surface area contributed by atoms with Gasteiger partial charge in [-0.3, -0.25) is 0 Å². The van der Waals surface area contributed by atoms with E-state index in [1.54, 1.807) is 24.4 Å². The zero-order valence-corrected chi connectivity index (χ0v) is 12.1. The Hall–Kier alpha value is -1.64. The van der Waals surface area contributed by atoms with E-state index in [-0.39, 0.29) is 5.56 Å². The molecule has 0 N–H and O–H groups in total. The molecule has 0 bridgehead atoms. The summed E-state index contributed by atoms with van der Waals surface area (Å²) in [6.45, 7) is 0. The van der Waals surface area contributed by atoms with Crippen molar-refractivity contribution in [3.8, 4) is 11.1 Å². The largest absolute Gasteiger partial charge is 0.417 e. The fourth-order valence-electron chi connectivity index (χ4n) is 2.06. The average Bonchev–Trinajstić information content (AvgIpc) is 2.77. The Balaban J connectivity index is 2.32. The van der Waals surface area contributed by atoms with Crippen molar-refractivity contribution < 1.29 is 13.2 Å². The van der Waals surface area contributed by atoms with Gasteiger partial charge in [0, 0.05) is 34.4 Å². The van der Waals surface area contributed by atoms with Crippen LogP contribution in [0.25, 0.3) is 16.8 Å². The Morgan fingerprint density at radius 1 is 1.00 bits per heavy atom. The Morgan fingerprint density at radius 3 is 2.45 bits per heavy atom. The number of hydrogen-bond donors (Lipinski definition) is 0. The molecule has 102 valence electrons. The standard InChI is InChI=1S/C13H7F3IN3/c14-13(15,16)10-6-2-1-4-8(10)9-5-3-7-20-11(9)18-12(17)19-20/h1-7H. The lowest BCUT2D eigenvalue weighted by Gasteiger charge is -2.12. The molecule has 2 heterocycles. The van der Waals surface area contributed by atoms with Gasteiger partial charge < -0.3 is 0 Å². The predicted molar refractivity (Wildman–Crippen MR) is 76.1 cm³/mol. The first-order valence-electron chi connectivity index (χ1n) is 5.64. The third kappa shape index (κ3) is 2.26. The van der Waals surface area contributed by atoms with Gasteiger partial charge in [0.25, 0.3) is 0 Å². The molecule has 7 heteroatoms. The highest BCUT2D eigenvalue weighted by Gasteiger charge is 2.33. The van der Waals surface area contributed by atoms with Crippen LogP contribution in [0.2, 0.25) is 0 Å². The Bertz CT molecular complexity index is 780. The summed E-state index contributed by atoms with van der Waals surface area (Å²) in [7, 11) is 0. The zero-order valence-electron chi connectivity index (χ0n) is 9.89. The minimum Gasteiger partial charge on any atom is -0.219 e. The van der Waals surface area contributed by atoms with E-state index < -0.39 is 11.7 Å². The summed E-state index contributed by atoms with van der Waals surface area (Å²) in [6.07, 6.45) is -2.75. The average molecular weight is 389 g/mol. The molecule has 1 aromatic carbocycles. The van der Waals surface area contributed by atoms with Gasteiger partial charge in [-0.15, -0.1) is 5.10 Å². The molecule has 0 saturated carbocycles. The molecule has 2 aromatic heterocycles. The first kappa shape index (κ1) is 13.3. The molecule has 0 fully saturated rings. The van der Waals surface area contributed by atoms with E-state index >= 15 is 0 Å². The molecule has 20 heavy (non-hydrogen) atoms. The molecular formula is C13H7F3IN3. The summed E-state index contributed by atoms with van der Waals surface area (Å²) in [5, 5.41) is 4.10. The second kappa shape index (κ2) is 4.72. The smallest absolute Gasteiger partial charge is 0.219 e. The van der Waals surface area contributed by atoms with Crippen molar-refractivity contribution in [1.29, 1.82) is 0 Å². The number of halogens is 4. The molecule has 0 aliphatic heterocycles. The molecule has 3 rings (SSSR count). The molecule has 0 aliphatic rings. The van der Waals surface area contributed by atoms with Gasteiger partial charge in [0.15, 0.2) is 5.65 Å². The van der Waals surface area contributed by atoms with Crippen LogP contribution in [-0.2, 0) is 6.18 Å². The van der Waals surface area contributed by atoms with E-state index in [0.717, 1.165) is 6.07 Å². The molecule has 3 nitrogen and oxygen atoms in total. The first-order chi connectivity index (χ1) is 9.47. The molecule has 3 aromatic rings. The van der Waals surface area contributed by atoms with Gasteiger partial charge in [-0.25, -0.2) is 9.50 Å². The second-order valence-electron chi connectivity index (χ2n) is 4.11. The molecule has 0 unspecified atom stereocenters. The third-order valence-electron chi connectivity index (χ3n) is 2.86. The van der Waals surface area contributed by atoms with Gasteiger partial charge in [0.2, 0.25) is 3.83 Å². The van der Waals surface area contributed by atoms with Crippen molar-refractivity contribution in [2.75, 3.05) is 0 Å². The van der Waals surface area contributed by atoms with Crippen molar-refractivity contribution in [3.05, 3.63) is 52.0 Å². The van der Waals surface area contributed by atoms with Gasteiger partial charge in [0.1, 0.15) is 0 Å². The van der Waals surface area contributed by atoms with Gasteiger partial charge >= 0.3 is 6.18 Å². The molecule has 0 saturated heterocycles. The van der Waals surface area contributed by atoms with Crippen molar-refractivity contribution in [1.82, 2.24) is 14.6 Å². The lowest BCUT2D eigenvalue weighted by atomic mass is 10.0. The van der Waals surface area contributed by atoms with Gasteiger partial charge in [-0.1, -0.05) is 18.2 Å². The normalized spacial score (nSPS) is 12.0. The Labute approximate surface area is 125 Å². The number of rotatable bonds is 1. The minimum absolute atomic E-state index is 0.106. The lowest BCUT2D eigenvalue weighted by Crippen LogP contribution is -2.07. The van der Waals surface area contributed by atoms with Gasteiger partial charge in [0.05, 0.1) is 5.56 Å². The fourth-order valence-corrected chi connectivity index (χ4v) is 2.52. The van der Waals surface area contributed by atoms with Gasteiger partial charge in [-0.2, -0.15) is 13.2 Å². The third-order valence-corrected chi connectivity index (χ3v) is 3.32. The van der Waals surface area contributed by atoms with Crippen molar-refractivity contribution in [2.45, 2.75) is 6.18 Å². The van der Waals surface area contributed by atoms with Crippen molar-refractivity contribution >= 4 is 28.2 Å². The number of aromatic nitrogens is 3. The van der Waals surface area contributed by atoms with Crippen LogP contribution in [0.3, 0.4) is 0 Å². The number of pyridine rings is 1. The topological polar surface area (TPSA) is 30.2 Å². The van der Waals surface area contributed by atoms with Crippen LogP contribution >= 0.6 is 22.6 Å². The van der Waals surface area contributed by atoms with Crippen LogP contribution in [-0.4, -0.2) is 14.6 Å². The van der Waals surface area contributed by atoms with E-state index in [9.17, 15) is 13.2 Å². The highest BCUT2D eigenvalue weighted by atomic mass is 127. The summed E-state index contributed by atoms with van der Waals surface area (Å²) < 4.78 is 41.2. The maximum atomic E-state index is 13.1. The van der Waals surface area contributed by atoms with Crippen LogP contribution in [0, 0.1) is 3.83 Å². The lowest BCUT2D eigenvalue weighted by molar-refractivity contribution is -0.137. The summed E-state index contributed by atoms with van der Waals surface area (Å²) >= 11 is 1.93. The van der Waals surface area contributed by atoms with Crippen molar-refractivity contribution in [3.63, 3.8) is 0 Å². The predicted octanol–water partition coefficient (Wildman–Crippen LogP) is 4.02. The highest BCUT2D eigenvalue weighted by molar-refractivity contribution is 14.1. The number of hydrogen-bond acceptors (Lipinski definition) is 2. The van der Waals surface area contributed by atoms with Crippen molar-refractivity contribution in [2.24, 2.45) is 0 Å². The fraction of sp³-hybridized carbons (Fsp3) is 0.0769. The minimum atomic E-state index is -4.41. The Kier molecular flexibility index (Phi) is 3.15. The quantitative estimate of drug-likeness (QED) is 0.589. The molecular weight excluding hydrogens is 382 g/mol. The number of fused-ring (bicyclic) bond motifs is 1. The molecule has 0 spiro atoms. The van der Waals surface area contributed by atoms with Crippen LogP contribution in [0.4, 0.5) is 13.2 Å². The van der Waals surface area contributed by atoms with Gasteiger partial charge in [-0.05, 0) is 23.8 Å². The van der Waals surface area contributed by atoms with Crippen LogP contribution in [0.1, 0.15) is 5.56 Å². The summed E-state index contributed by atoms with van der Waals surface area (Å²) in [5.74, 6) is 0. The van der Waals surface area contributed by atoms with E-state index in [1.165, 1.54) is 16.6 Å². The second-order valence-corrected chi connectivity index (χ2v) is 5.08. The van der Waals surface area contributed by atoms with E-state index in [4.69, 9.17) is 0 Å². The number of nitrogens with zero attached hydrogens (tertiary/aromatic N) is 3. The summed E-state index contributed by atoms with van der Waals surface area (Å²) in [4.78, 5) is 4.18. The van der Waals surface area contributed by atoms with Crippen LogP contribution in [0.5, 0.6) is 0 Å². The van der Waals surface area contributed by atoms with E-state index in [0.29, 0.717) is 15.0 Å². The Morgan fingerprint density at radius 2 is 1.70 bits per heavy atom. The van der Waals surface area contributed by atoms with Crippen LogP contribution in [0.15, 0.2) is 42.6 Å². The van der Waals surface area contributed by atoms with E-state index in [1.807, 2.05) is 22.6 Å². The maximum absolute atomic E-state index is 13.1. The molecule has 0 radical (unpaired) electrons. The summed E-state index contributed by atoms with van der Waals surface area (Å²) in [5.41, 5.74) is 0.255. The molecule has 0 amide bonds. The monoisotopic (exact) mass is 389 g/mol. The number of benzene rings is 1. The van der Waals surface area contributed by atoms with E-state index in [2.05, 4.69) is 10.1 Å². The highest BCUT2D eigenvalue weighted by Crippen LogP contribution is 2.37.